The number of piperidine rings is 1. The van der Waals surface area contributed by atoms with E-state index in [4.69, 9.17) is 11.0 Å². The summed E-state index contributed by atoms with van der Waals surface area (Å²) in [7, 11) is 0. The molecule has 0 spiro atoms. The molecule has 10 heteroatoms. The average molecular weight is 420 g/mol. The Morgan fingerprint density at radius 2 is 2.26 bits per heavy atom. The van der Waals surface area contributed by atoms with Crippen molar-refractivity contribution in [2.24, 2.45) is 5.73 Å². The number of nitrogens with zero attached hydrogens (tertiary/aromatic N) is 5. The number of hydrogen-bond donors (Lipinski definition) is 3. The van der Waals surface area contributed by atoms with Gasteiger partial charge in [0.15, 0.2) is 0 Å². The van der Waals surface area contributed by atoms with Crippen molar-refractivity contribution in [1.82, 2.24) is 30.4 Å². The first-order valence-corrected chi connectivity index (χ1v) is 9.72. The van der Waals surface area contributed by atoms with Crippen LogP contribution in [0.25, 0.3) is 11.1 Å². The van der Waals surface area contributed by atoms with Crippen LogP contribution in [0, 0.1) is 11.3 Å². The van der Waals surface area contributed by atoms with Crippen molar-refractivity contribution in [2.45, 2.75) is 30.8 Å². The van der Waals surface area contributed by atoms with Gasteiger partial charge in [0.1, 0.15) is 24.1 Å². The third kappa shape index (κ3) is 4.58. The SMILES string of the molecule is N#CCn1cc(-c2cccc(C3NC[C@@](N)(NC(=O)c4cnccn4)C[C@@H]3F)c2)cn1. The number of halogens is 1. The van der Waals surface area contributed by atoms with E-state index in [1.54, 1.807) is 17.1 Å². The Hall–Kier alpha value is -3.68. The number of nitrogens with two attached hydrogens (primary N) is 1. The molecule has 3 aromatic rings. The highest BCUT2D eigenvalue weighted by Crippen LogP contribution is 2.31. The normalized spacial score (nSPS) is 23.1. The van der Waals surface area contributed by atoms with Crippen LogP contribution in [0.15, 0.2) is 55.2 Å². The van der Waals surface area contributed by atoms with Gasteiger partial charge in [-0.05, 0) is 17.2 Å². The summed E-state index contributed by atoms with van der Waals surface area (Å²) in [5, 5.41) is 18.7. The summed E-state index contributed by atoms with van der Waals surface area (Å²) < 4.78 is 16.7. The summed E-state index contributed by atoms with van der Waals surface area (Å²) in [6.45, 7) is 0.351. The van der Waals surface area contributed by atoms with E-state index in [0.717, 1.165) is 16.7 Å². The summed E-state index contributed by atoms with van der Waals surface area (Å²) in [6.07, 6.45) is 6.26. The van der Waals surface area contributed by atoms with Gasteiger partial charge in [-0.15, -0.1) is 0 Å². The summed E-state index contributed by atoms with van der Waals surface area (Å²) in [5.74, 6) is -0.501. The number of nitriles is 1. The lowest BCUT2D eigenvalue weighted by molar-refractivity contribution is 0.0780. The van der Waals surface area contributed by atoms with Gasteiger partial charge in [0.25, 0.3) is 5.91 Å². The highest BCUT2D eigenvalue weighted by Gasteiger charge is 2.40. The van der Waals surface area contributed by atoms with Crippen LogP contribution in [-0.2, 0) is 6.54 Å². The van der Waals surface area contributed by atoms with Crippen molar-refractivity contribution < 1.29 is 9.18 Å². The van der Waals surface area contributed by atoms with Crippen molar-refractivity contribution in [3.8, 4) is 17.2 Å². The molecule has 0 bridgehead atoms. The molecule has 1 fully saturated rings. The Balaban J connectivity index is 1.46. The fourth-order valence-electron chi connectivity index (χ4n) is 3.67. The Morgan fingerprint density at radius 3 is 3.00 bits per heavy atom. The maximum absolute atomic E-state index is 15.1. The molecule has 4 rings (SSSR count). The molecule has 3 atom stereocenters. The van der Waals surface area contributed by atoms with Crippen LogP contribution in [0.4, 0.5) is 4.39 Å². The minimum absolute atomic E-state index is 0.0546. The molecule has 1 aromatic carbocycles. The third-order valence-electron chi connectivity index (χ3n) is 5.16. The zero-order chi connectivity index (χ0) is 21.8. The second-order valence-corrected chi connectivity index (χ2v) is 7.49. The molecule has 4 N–H and O–H groups in total. The third-order valence-corrected chi connectivity index (χ3v) is 5.16. The van der Waals surface area contributed by atoms with E-state index in [9.17, 15) is 4.79 Å². The lowest BCUT2D eigenvalue weighted by Gasteiger charge is -2.40. The standard InChI is InChI=1S/C21H21FN8O/c22-17-9-21(24,29-20(31)18-11-25-5-6-26-18)13-27-19(17)15-3-1-2-14(8-15)16-10-28-30(12-16)7-4-23/h1-3,5-6,8,10-12,17,19,27H,7,9,13,24H2,(H,29,31)/t17-,19?,21-/m0/s1. The molecule has 1 saturated heterocycles. The van der Waals surface area contributed by atoms with Crippen LogP contribution >= 0.6 is 0 Å². The number of benzene rings is 1. The largest absolute Gasteiger partial charge is 0.331 e. The van der Waals surface area contributed by atoms with Crippen molar-refractivity contribution in [3.63, 3.8) is 0 Å². The Labute approximate surface area is 178 Å². The first-order chi connectivity index (χ1) is 15.0. The number of aromatic nitrogens is 4. The first kappa shape index (κ1) is 20.6. The Morgan fingerprint density at radius 1 is 1.39 bits per heavy atom. The molecule has 158 valence electrons. The van der Waals surface area contributed by atoms with Gasteiger partial charge in [0, 0.05) is 37.1 Å². The topological polar surface area (TPSA) is 135 Å². The number of rotatable bonds is 5. The molecule has 1 unspecified atom stereocenters. The quantitative estimate of drug-likeness (QED) is 0.530. The molecule has 0 saturated carbocycles. The number of amides is 1. The average Bonchev–Trinajstić information content (AvgIpc) is 3.23. The van der Waals surface area contributed by atoms with E-state index in [2.05, 4.69) is 25.7 Å². The summed E-state index contributed by atoms with van der Waals surface area (Å²) in [6, 6.07) is 8.95. The van der Waals surface area contributed by atoms with Gasteiger partial charge in [-0.25, -0.2) is 9.37 Å². The number of alkyl halides is 1. The van der Waals surface area contributed by atoms with Crippen molar-refractivity contribution in [2.75, 3.05) is 6.54 Å². The number of carbonyl (C=O) groups is 1. The van der Waals surface area contributed by atoms with Crippen molar-refractivity contribution >= 4 is 5.91 Å². The highest BCUT2D eigenvalue weighted by molar-refractivity contribution is 5.92. The van der Waals surface area contributed by atoms with Crippen LogP contribution in [-0.4, -0.2) is 44.0 Å². The minimum atomic E-state index is -1.32. The molecule has 1 amide bonds. The van der Waals surface area contributed by atoms with Crippen molar-refractivity contribution in [1.29, 1.82) is 5.26 Å². The predicted molar refractivity (Wildman–Crippen MR) is 110 cm³/mol. The first-order valence-electron chi connectivity index (χ1n) is 9.72. The van der Waals surface area contributed by atoms with E-state index in [1.165, 1.54) is 18.6 Å². The van der Waals surface area contributed by atoms with Crippen LogP contribution < -0.4 is 16.4 Å². The fourth-order valence-corrected chi connectivity index (χ4v) is 3.67. The number of nitrogens with one attached hydrogen (secondary N) is 2. The molecule has 31 heavy (non-hydrogen) atoms. The molecular weight excluding hydrogens is 399 g/mol. The molecule has 1 aliphatic rings. The van der Waals surface area contributed by atoms with Crippen LogP contribution in [0.5, 0.6) is 0 Å². The van der Waals surface area contributed by atoms with Crippen LogP contribution in [0.2, 0.25) is 0 Å². The second kappa shape index (κ2) is 8.59. The van der Waals surface area contributed by atoms with E-state index < -0.39 is 23.8 Å². The van der Waals surface area contributed by atoms with Crippen LogP contribution in [0.3, 0.4) is 0 Å². The molecule has 3 heterocycles. The summed E-state index contributed by atoms with van der Waals surface area (Å²) in [5.41, 5.74) is 7.61. The van der Waals surface area contributed by atoms with Gasteiger partial charge >= 0.3 is 0 Å². The maximum atomic E-state index is 15.1. The van der Waals surface area contributed by atoms with Gasteiger partial charge in [0.2, 0.25) is 0 Å². The zero-order valence-corrected chi connectivity index (χ0v) is 16.6. The Kier molecular flexibility index (Phi) is 5.70. The van der Waals surface area contributed by atoms with Gasteiger partial charge in [-0.3, -0.25) is 14.5 Å². The van der Waals surface area contributed by atoms with Crippen LogP contribution in [0.1, 0.15) is 28.5 Å². The maximum Gasteiger partial charge on any atom is 0.272 e. The molecule has 0 radical (unpaired) electrons. The summed E-state index contributed by atoms with van der Waals surface area (Å²) in [4.78, 5) is 20.2. The predicted octanol–water partition coefficient (Wildman–Crippen LogP) is 1.32. The van der Waals surface area contributed by atoms with E-state index in [1.807, 2.05) is 30.3 Å². The van der Waals surface area contributed by atoms with E-state index >= 15 is 4.39 Å². The minimum Gasteiger partial charge on any atom is -0.331 e. The fraction of sp³-hybridized carbons (Fsp3) is 0.286. The molecule has 1 aliphatic heterocycles. The van der Waals surface area contributed by atoms with Gasteiger partial charge in [-0.1, -0.05) is 18.2 Å². The smallest absolute Gasteiger partial charge is 0.272 e. The lowest BCUT2D eigenvalue weighted by atomic mass is 9.88. The second-order valence-electron chi connectivity index (χ2n) is 7.49. The molecule has 9 nitrogen and oxygen atoms in total. The van der Waals surface area contributed by atoms with E-state index in [0.29, 0.717) is 0 Å². The highest BCUT2D eigenvalue weighted by atomic mass is 19.1. The van der Waals surface area contributed by atoms with Gasteiger partial charge < -0.3 is 16.4 Å². The summed E-state index contributed by atoms with van der Waals surface area (Å²) >= 11 is 0. The monoisotopic (exact) mass is 420 g/mol. The van der Waals surface area contributed by atoms with E-state index in [-0.39, 0.29) is 25.2 Å². The van der Waals surface area contributed by atoms with Gasteiger partial charge in [0.05, 0.1) is 24.5 Å². The number of hydrogen-bond acceptors (Lipinski definition) is 7. The molecule has 2 aromatic heterocycles. The zero-order valence-electron chi connectivity index (χ0n) is 16.6. The molecular formula is C21H21FN8O. The lowest BCUT2D eigenvalue weighted by Crippen LogP contribution is -2.66. The van der Waals surface area contributed by atoms with Gasteiger partial charge in [-0.2, -0.15) is 10.4 Å². The molecule has 0 aliphatic carbocycles. The Bertz CT molecular complexity index is 1110. The number of carbonyl (C=O) groups excluding carboxylic acids is 1. The van der Waals surface area contributed by atoms with Crippen molar-refractivity contribution in [3.05, 3.63) is 66.5 Å².